The molecule has 1 aliphatic heterocycles. The summed E-state index contributed by atoms with van der Waals surface area (Å²) in [5, 5.41) is 8.29. The molecular weight excluding hydrogens is 274 g/mol. The number of carbonyl (C=O) groups excluding carboxylic acids is 2. The Morgan fingerprint density at radius 1 is 1.19 bits per heavy atom. The first-order chi connectivity index (χ1) is 10.2. The van der Waals surface area contributed by atoms with Gasteiger partial charge in [-0.3, -0.25) is 9.59 Å². The van der Waals surface area contributed by atoms with E-state index in [1.807, 2.05) is 0 Å². The first-order valence-corrected chi connectivity index (χ1v) is 6.66. The molecule has 0 fully saturated rings. The smallest absolute Gasteiger partial charge is 0.307 e. The Kier molecular flexibility index (Phi) is 5.16. The third-order valence-corrected chi connectivity index (χ3v) is 2.92. The minimum absolute atomic E-state index is 0.0317. The molecule has 0 radical (unpaired) electrons. The number of benzene rings is 1. The van der Waals surface area contributed by atoms with Crippen molar-refractivity contribution in [1.29, 1.82) is 5.26 Å². The molecule has 0 atom stereocenters. The molecule has 1 aromatic carbocycles. The Balaban J connectivity index is 1.95. The van der Waals surface area contributed by atoms with E-state index in [2.05, 4.69) is 4.74 Å². The van der Waals surface area contributed by atoms with Crippen LogP contribution in [-0.4, -0.2) is 31.6 Å². The monoisotopic (exact) mass is 289 g/mol. The fraction of sp³-hybridized carbons (Fsp3) is 0.400. The van der Waals surface area contributed by atoms with Crippen LogP contribution in [0.15, 0.2) is 18.2 Å². The number of hydrogen-bond donors (Lipinski definition) is 0. The van der Waals surface area contributed by atoms with Crippen LogP contribution in [0.3, 0.4) is 0 Å². The van der Waals surface area contributed by atoms with E-state index in [0.717, 1.165) is 6.42 Å². The second-order valence-electron chi connectivity index (χ2n) is 4.45. The molecule has 0 aliphatic carbocycles. The molecule has 0 amide bonds. The van der Waals surface area contributed by atoms with Crippen molar-refractivity contribution in [2.45, 2.75) is 19.3 Å². The molecule has 6 heteroatoms. The predicted molar refractivity (Wildman–Crippen MR) is 72.2 cm³/mol. The first-order valence-electron chi connectivity index (χ1n) is 6.66. The average molecular weight is 289 g/mol. The largest absolute Gasteiger partial charge is 0.490 e. The van der Waals surface area contributed by atoms with Crippen molar-refractivity contribution in [3.63, 3.8) is 0 Å². The van der Waals surface area contributed by atoms with Gasteiger partial charge in [-0.2, -0.15) is 5.26 Å². The number of nitriles is 1. The van der Waals surface area contributed by atoms with E-state index in [9.17, 15) is 9.59 Å². The van der Waals surface area contributed by atoms with Crippen molar-refractivity contribution < 1.29 is 23.8 Å². The second kappa shape index (κ2) is 7.29. The van der Waals surface area contributed by atoms with Crippen LogP contribution >= 0.6 is 0 Å². The minimum Gasteiger partial charge on any atom is -0.490 e. The van der Waals surface area contributed by atoms with Gasteiger partial charge >= 0.3 is 5.97 Å². The summed E-state index contributed by atoms with van der Waals surface area (Å²) in [6, 6.07) is 6.67. The van der Waals surface area contributed by atoms with Crippen LogP contribution in [0.25, 0.3) is 0 Å². The van der Waals surface area contributed by atoms with Crippen molar-refractivity contribution in [2.24, 2.45) is 0 Å². The molecule has 2 rings (SSSR count). The van der Waals surface area contributed by atoms with E-state index >= 15 is 0 Å². The van der Waals surface area contributed by atoms with Gasteiger partial charge in [-0.05, 0) is 18.2 Å². The molecule has 0 aromatic heterocycles. The first kappa shape index (κ1) is 14.9. The van der Waals surface area contributed by atoms with Crippen LogP contribution in [0, 0.1) is 11.3 Å². The van der Waals surface area contributed by atoms with E-state index in [0.29, 0.717) is 30.3 Å². The molecule has 0 bridgehead atoms. The zero-order chi connectivity index (χ0) is 15.1. The Bertz CT molecular complexity index is 576. The number of ketones is 1. The number of ether oxygens (including phenoxy) is 3. The highest BCUT2D eigenvalue weighted by molar-refractivity contribution is 5.98. The topological polar surface area (TPSA) is 85.6 Å². The van der Waals surface area contributed by atoms with E-state index in [4.69, 9.17) is 14.7 Å². The predicted octanol–water partition coefficient (Wildman–Crippen LogP) is 1.88. The van der Waals surface area contributed by atoms with Crippen molar-refractivity contribution >= 4 is 11.8 Å². The summed E-state index contributed by atoms with van der Waals surface area (Å²) >= 11 is 0. The quantitative estimate of drug-likeness (QED) is 0.607. The maximum Gasteiger partial charge on any atom is 0.307 e. The Morgan fingerprint density at radius 2 is 1.95 bits per heavy atom. The molecule has 1 aliphatic rings. The van der Waals surface area contributed by atoms with Gasteiger partial charge in [0.05, 0.1) is 19.6 Å². The molecular formula is C15H15NO5. The highest BCUT2D eigenvalue weighted by Crippen LogP contribution is 2.30. The fourth-order valence-corrected chi connectivity index (χ4v) is 1.88. The SMILES string of the molecule is N#CCOC(=O)CCC(=O)c1ccc2c(c1)OCCCO2. The molecule has 0 saturated carbocycles. The summed E-state index contributed by atoms with van der Waals surface area (Å²) in [6.07, 6.45) is 0.779. The lowest BCUT2D eigenvalue weighted by atomic mass is 10.1. The molecule has 110 valence electrons. The molecule has 0 saturated heterocycles. The summed E-state index contributed by atoms with van der Waals surface area (Å²) in [5.74, 6) is 0.432. The van der Waals surface area contributed by atoms with Gasteiger partial charge in [0, 0.05) is 18.4 Å². The normalized spacial score (nSPS) is 12.9. The van der Waals surface area contributed by atoms with E-state index < -0.39 is 5.97 Å². The van der Waals surface area contributed by atoms with Gasteiger partial charge in [-0.25, -0.2) is 0 Å². The van der Waals surface area contributed by atoms with Crippen LogP contribution in [0.4, 0.5) is 0 Å². The molecule has 0 N–H and O–H groups in total. The van der Waals surface area contributed by atoms with Crippen molar-refractivity contribution in [3.8, 4) is 17.6 Å². The molecule has 0 spiro atoms. The Labute approximate surface area is 122 Å². The highest BCUT2D eigenvalue weighted by atomic mass is 16.5. The van der Waals surface area contributed by atoms with E-state index in [-0.39, 0.29) is 25.2 Å². The van der Waals surface area contributed by atoms with Gasteiger partial charge < -0.3 is 14.2 Å². The molecule has 6 nitrogen and oxygen atoms in total. The van der Waals surface area contributed by atoms with Gasteiger partial charge in [-0.1, -0.05) is 0 Å². The molecule has 1 heterocycles. The van der Waals surface area contributed by atoms with Crippen LogP contribution in [0.1, 0.15) is 29.6 Å². The summed E-state index contributed by atoms with van der Waals surface area (Å²) in [5.41, 5.74) is 0.465. The fourth-order valence-electron chi connectivity index (χ4n) is 1.88. The summed E-state index contributed by atoms with van der Waals surface area (Å²) < 4.78 is 15.6. The molecule has 0 unspecified atom stereocenters. The number of esters is 1. The number of fused-ring (bicyclic) bond motifs is 1. The van der Waals surface area contributed by atoms with Crippen LogP contribution < -0.4 is 9.47 Å². The number of Topliss-reactive ketones (excluding diaryl/α,β-unsaturated/α-hetero) is 1. The average Bonchev–Trinajstić information content (AvgIpc) is 2.74. The highest BCUT2D eigenvalue weighted by Gasteiger charge is 2.15. The van der Waals surface area contributed by atoms with Gasteiger partial charge in [0.1, 0.15) is 6.07 Å². The van der Waals surface area contributed by atoms with Gasteiger partial charge in [-0.15, -0.1) is 0 Å². The third kappa shape index (κ3) is 4.21. The van der Waals surface area contributed by atoms with Gasteiger partial charge in [0.15, 0.2) is 23.9 Å². The van der Waals surface area contributed by atoms with Gasteiger partial charge in [0.25, 0.3) is 0 Å². The van der Waals surface area contributed by atoms with Crippen molar-refractivity contribution in [2.75, 3.05) is 19.8 Å². The minimum atomic E-state index is -0.556. The maximum atomic E-state index is 12.0. The standard InChI is InChI=1S/C15H15NO5/c16-6-9-21-15(18)5-3-12(17)11-2-4-13-14(10-11)20-8-1-7-19-13/h2,4,10H,1,3,5,7-9H2. The molecule has 1 aromatic rings. The zero-order valence-electron chi connectivity index (χ0n) is 11.5. The van der Waals surface area contributed by atoms with Crippen LogP contribution in [-0.2, 0) is 9.53 Å². The van der Waals surface area contributed by atoms with Crippen LogP contribution in [0.5, 0.6) is 11.5 Å². The van der Waals surface area contributed by atoms with E-state index in [1.54, 1.807) is 24.3 Å². The number of rotatable bonds is 5. The Morgan fingerprint density at radius 3 is 2.71 bits per heavy atom. The van der Waals surface area contributed by atoms with E-state index in [1.165, 1.54) is 0 Å². The van der Waals surface area contributed by atoms with Crippen molar-refractivity contribution in [3.05, 3.63) is 23.8 Å². The lowest BCUT2D eigenvalue weighted by molar-refractivity contribution is -0.142. The lowest BCUT2D eigenvalue weighted by Gasteiger charge is -2.08. The summed E-state index contributed by atoms with van der Waals surface area (Å²) in [6.45, 7) is 0.840. The maximum absolute atomic E-state index is 12.0. The Hall–Kier alpha value is -2.55. The second-order valence-corrected chi connectivity index (χ2v) is 4.45. The van der Waals surface area contributed by atoms with Crippen LogP contribution in [0.2, 0.25) is 0 Å². The lowest BCUT2D eigenvalue weighted by Crippen LogP contribution is -2.08. The summed E-state index contributed by atoms with van der Waals surface area (Å²) in [7, 11) is 0. The number of hydrogen-bond acceptors (Lipinski definition) is 6. The van der Waals surface area contributed by atoms with Gasteiger partial charge in [0.2, 0.25) is 0 Å². The molecule has 21 heavy (non-hydrogen) atoms. The van der Waals surface area contributed by atoms with Crippen molar-refractivity contribution in [1.82, 2.24) is 0 Å². The number of nitrogens with zero attached hydrogens (tertiary/aromatic N) is 1. The number of carbonyl (C=O) groups is 2. The zero-order valence-corrected chi connectivity index (χ0v) is 11.5. The third-order valence-electron chi connectivity index (χ3n) is 2.92. The summed E-state index contributed by atoms with van der Waals surface area (Å²) in [4.78, 5) is 23.3.